The summed E-state index contributed by atoms with van der Waals surface area (Å²) >= 11 is 0. The fourth-order valence-corrected chi connectivity index (χ4v) is 4.37. The highest BCUT2D eigenvalue weighted by Gasteiger charge is 2.23. The van der Waals surface area contributed by atoms with Crippen molar-refractivity contribution in [2.75, 3.05) is 45.7 Å². The third kappa shape index (κ3) is 7.92. The van der Waals surface area contributed by atoms with Crippen LogP contribution in [-0.2, 0) is 6.54 Å². The number of nitrogens with one attached hydrogen (secondary N) is 2. The summed E-state index contributed by atoms with van der Waals surface area (Å²) in [5.41, 5.74) is 1.02. The second-order valence-corrected chi connectivity index (χ2v) is 8.53. The summed E-state index contributed by atoms with van der Waals surface area (Å²) in [6, 6.07) is 6.64. The lowest BCUT2D eigenvalue weighted by Gasteiger charge is -2.36. The fraction of sp³-hybridized carbons (Fsp3) is 0.727. The Morgan fingerprint density at radius 3 is 2.52 bits per heavy atom. The van der Waals surface area contributed by atoms with Gasteiger partial charge in [0.1, 0.15) is 5.82 Å². The lowest BCUT2D eigenvalue weighted by Crippen LogP contribution is -2.49. The molecule has 7 heteroatoms. The van der Waals surface area contributed by atoms with E-state index in [2.05, 4.69) is 37.6 Å². The minimum Gasteiger partial charge on any atom is -0.363 e. The van der Waals surface area contributed by atoms with Crippen LogP contribution in [0.1, 0.15) is 50.6 Å². The van der Waals surface area contributed by atoms with Gasteiger partial charge in [0.05, 0.1) is 12.2 Å². The molecule has 0 bridgehead atoms. The molecule has 1 saturated heterocycles. The molecule has 1 aliphatic carbocycles. The summed E-state index contributed by atoms with van der Waals surface area (Å²) in [5.74, 6) is 2.80. The number of hydrogen-bond donors (Lipinski definition) is 2. The van der Waals surface area contributed by atoms with Crippen molar-refractivity contribution in [1.82, 2.24) is 20.5 Å². The molecule has 2 heterocycles. The van der Waals surface area contributed by atoms with Crippen LogP contribution in [0, 0.1) is 5.92 Å². The summed E-state index contributed by atoms with van der Waals surface area (Å²) in [5, 5.41) is 7.03. The van der Waals surface area contributed by atoms with E-state index in [-0.39, 0.29) is 24.0 Å². The van der Waals surface area contributed by atoms with Gasteiger partial charge in [0.15, 0.2) is 5.96 Å². The third-order valence-electron chi connectivity index (χ3n) is 6.08. The van der Waals surface area contributed by atoms with Gasteiger partial charge in [0, 0.05) is 46.8 Å². The minimum atomic E-state index is 0. The van der Waals surface area contributed by atoms with Crippen molar-refractivity contribution in [2.24, 2.45) is 10.9 Å². The van der Waals surface area contributed by atoms with Gasteiger partial charge in [-0.3, -0.25) is 4.99 Å². The predicted molar refractivity (Wildman–Crippen MR) is 133 cm³/mol. The smallest absolute Gasteiger partial charge is 0.191 e. The summed E-state index contributed by atoms with van der Waals surface area (Å²) in [6.07, 6.45) is 9.61. The van der Waals surface area contributed by atoms with E-state index in [1.54, 1.807) is 0 Å². The quantitative estimate of drug-likeness (QED) is 0.346. The SMILES string of the molecule is CN=C(NCc1cccc(N(C)C)n1)NC1CCN(CC2CCCCC2)CC1.I. The molecule has 1 aromatic heterocycles. The molecular weight excluding hydrogens is 475 g/mol. The van der Waals surface area contributed by atoms with Gasteiger partial charge in [-0.15, -0.1) is 24.0 Å². The summed E-state index contributed by atoms with van der Waals surface area (Å²) in [6.45, 7) is 4.41. The van der Waals surface area contributed by atoms with Crippen molar-refractivity contribution < 1.29 is 0 Å². The van der Waals surface area contributed by atoms with Gasteiger partial charge in [-0.2, -0.15) is 0 Å². The number of rotatable bonds is 6. The maximum absolute atomic E-state index is 4.66. The van der Waals surface area contributed by atoms with E-state index in [0.29, 0.717) is 12.6 Å². The first-order valence-corrected chi connectivity index (χ1v) is 11.0. The maximum atomic E-state index is 4.66. The molecule has 0 unspecified atom stereocenters. The van der Waals surface area contributed by atoms with E-state index in [0.717, 1.165) is 23.4 Å². The number of hydrogen-bond acceptors (Lipinski definition) is 4. The normalized spacial score (nSPS) is 19.5. The van der Waals surface area contributed by atoms with Gasteiger partial charge in [0.25, 0.3) is 0 Å². The molecule has 164 valence electrons. The van der Waals surface area contributed by atoms with E-state index in [1.807, 2.05) is 32.1 Å². The molecule has 0 amide bonds. The molecule has 2 aliphatic rings. The molecule has 0 spiro atoms. The van der Waals surface area contributed by atoms with Crippen LogP contribution in [0.5, 0.6) is 0 Å². The van der Waals surface area contributed by atoms with Gasteiger partial charge in [-0.25, -0.2) is 4.98 Å². The Hall–Kier alpha value is -1.09. The molecule has 2 fully saturated rings. The van der Waals surface area contributed by atoms with Crippen LogP contribution in [0.25, 0.3) is 0 Å². The second-order valence-electron chi connectivity index (χ2n) is 8.53. The number of pyridine rings is 1. The number of anilines is 1. The Kier molecular flexibility index (Phi) is 10.5. The highest BCUT2D eigenvalue weighted by molar-refractivity contribution is 14.0. The molecule has 0 radical (unpaired) electrons. The van der Waals surface area contributed by atoms with Gasteiger partial charge >= 0.3 is 0 Å². The fourth-order valence-electron chi connectivity index (χ4n) is 4.37. The van der Waals surface area contributed by atoms with Crippen molar-refractivity contribution in [3.63, 3.8) is 0 Å². The largest absolute Gasteiger partial charge is 0.363 e. The van der Waals surface area contributed by atoms with Crippen LogP contribution in [0.3, 0.4) is 0 Å². The average Bonchev–Trinajstić information content (AvgIpc) is 2.73. The van der Waals surface area contributed by atoms with Crippen molar-refractivity contribution in [3.8, 4) is 0 Å². The van der Waals surface area contributed by atoms with E-state index >= 15 is 0 Å². The van der Waals surface area contributed by atoms with Gasteiger partial charge < -0.3 is 20.4 Å². The Labute approximate surface area is 194 Å². The molecule has 1 aromatic rings. The highest BCUT2D eigenvalue weighted by Crippen LogP contribution is 2.25. The summed E-state index contributed by atoms with van der Waals surface area (Å²) in [4.78, 5) is 13.8. The molecule has 3 rings (SSSR count). The Morgan fingerprint density at radius 1 is 1.14 bits per heavy atom. The van der Waals surface area contributed by atoms with Gasteiger partial charge in [0.2, 0.25) is 0 Å². The molecule has 0 atom stereocenters. The first kappa shape index (κ1) is 24.2. The number of nitrogens with zero attached hydrogens (tertiary/aromatic N) is 4. The summed E-state index contributed by atoms with van der Waals surface area (Å²) in [7, 11) is 5.87. The van der Waals surface area contributed by atoms with Crippen LogP contribution in [0.4, 0.5) is 5.82 Å². The van der Waals surface area contributed by atoms with E-state index in [9.17, 15) is 0 Å². The van der Waals surface area contributed by atoms with Crippen molar-refractivity contribution >= 4 is 35.8 Å². The number of aliphatic imine (C=N–C) groups is 1. The van der Waals surface area contributed by atoms with E-state index in [1.165, 1.54) is 64.6 Å². The van der Waals surface area contributed by atoms with Gasteiger partial charge in [-0.1, -0.05) is 25.3 Å². The molecule has 0 aromatic carbocycles. The topological polar surface area (TPSA) is 55.8 Å². The van der Waals surface area contributed by atoms with Crippen LogP contribution in [0.2, 0.25) is 0 Å². The van der Waals surface area contributed by atoms with E-state index in [4.69, 9.17) is 0 Å². The number of halogens is 1. The lowest BCUT2D eigenvalue weighted by molar-refractivity contribution is 0.160. The van der Waals surface area contributed by atoms with Gasteiger partial charge in [-0.05, 0) is 43.7 Å². The Morgan fingerprint density at radius 2 is 1.86 bits per heavy atom. The standard InChI is InChI=1S/C22H38N6.HI/c1-23-22(24-16-20-10-7-11-21(25-20)27(2)3)26-19-12-14-28(15-13-19)17-18-8-5-4-6-9-18;/h7,10-11,18-19H,4-6,8-9,12-17H2,1-3H3,(H2,23,24,26);1H. The molecule has 1 aliphatic heterocycles. The molecular formula is C22H39IN6. The lowest BCUT2D eigenvalue weighted by atomic mass is 9.88. The zero-order chi connectivity index (χ0) is 19.8. The van der Waals surface area contributed by atoms with Crippen molar-refractivity contribution in [2.45, 2.75) is 57.5 Å². The Bertz CT molecular complexity index is 621. The highest BCUT2D eigenvalue weighted by atomic mass is 127. The van der Waals surface area contributed by atoms with Crippen LogP contribution in [-0.4, -0.2) is 62.7 Å². The zero-order valence-corrected chi connectivity index (χ0v) is 20.7. The first-order chi connectivity index (χ1) is 13.6. The predicted octanol–water partition coefficient (Wildman–Crippen LogP) is 3.48. The molecule has 6 nitrogen and oxygen atoms in total. The monoisotopic (exact) mass is 514 g/mol. The van der Waals surface area contributed by atoms with Crippen molar-refractivity contribution in [1.29, 1.82) is 0 Å². The minimum absolute atomic E-state index is 0. The zero-order valence-electron chi connectivity index (χ0n) is 18.4. The maximum Gasteiger partial charge on any atom is 0.191 e. The van der Waals surface area contributed by atoms with E-state index < -0.39 is 0 Å². The number of piperidine rings is 1. The number of guanidine groups is 1. The molecule has 2 N–H and O–H groups in total. The van der Waals surface area contributed by atoms with Crippen LogP contribution >= 0.6 is 24.0 Å². The van der Waals surface area contributed by atoms with Crippen molar-refractivity contribution in [3.05, 3.63) is 23.9 Å². The van der Waals surface area contributed by atoms with Crippen LogP contribution < -0.4 is 15.5 Å². The second kappa shape index (κ2) is 12.6. The molecule has 29 heavy (non-hydrogen) atoms. The Balaban J connectivity index is 0.00000300. The third-order valence-corrected chi connectivity index (χ3v) is 6.08. The number of likely N-dealkylation sites (tertiary alicyclic amines) is 1. The van der Waals surface area contributed by atoms with Crippen LogP contribution in [0.15, 0.2) is 23.2 Å². The number of aromatic nitrogens is 1. The summed E-state index contributed by atoms with van der Waals surface area (Å²) < 4.78 is 0. The first-order valence-electron chi connectivity index (χ1n) is 11.0. The molecule has 1 saturated carbocycles. The average molecular weight is 515 g/mol.